The SMILES string of the molecule is CC(C)COS(=O)(=O)[C@H]1CCS(=O)(=O)C1. The van der Waals surface area contributed by atoms with E-state index in [9.17, 15) is 16.8 Å². The minimum absolute atomic E-state index is 0.0536. The number of hydrogen-bond donors (Lipinski definition) is 0. The fourth-order valence-electron chi connectivity index (χ4n) is 1.32. The van der Waals surface area contributed by atoms with Crippen molar-refractivity contribution in [2.45, 2.75) is 25.5 Å². The van der Waals surface area contributed by atoms with Crippen molar-refractivity contribution in [2.75, 3.05) is 18.1 Å². The molecular weight excluding hydrogens is 240 g/mol. The van der Waals surface area contributed by atoms with E-state index in [0.717, 1.165) is 0 Å². The van der Waals surface area contributed by atoms with Gasteiger partial charge in [-0.25, -0.2) is 8.42 Å². The second-order valence-corrected chi connectivity index (χ2v) is 8.31. The number of rotatable bonds is 4. The number of hydrogen-bond acceptors (Lipinski definition) is 5. The Balaban J connectivity index is 2.64. The first-order valence-corrected chi connectivity index (χ1v) is 8.11. The maximum absolute atomic E-state index is 11.5. The Hall–Kier alpha value is -0.140. The van der Waals surface area contributed by atoms with Crippen molar-refractivity contribution < 1.29 is 21.0 Å². The Labute approximate surface area is 90.9 Å². The lowest BCUT2D eigenvalue weighted by Gasteiger charge is -2.11. The van der Waals surface area contributed by atoms with Crippen molar-refractivity contribution in [2.24, 2.45) is 5.92 Å². The van der Waals surface area contributed by atoms with Crippen LogP contribution in [0.3, 0.4) is 0 Å². The molecule has 7 heteroatoms. The monoisotopic (exact) mass is 256 g/mol. The van der Waals surface area contributed by atoms with Crippen LogP contribution in [0, 0.1) is 5.92 Å². The van der Waals surface area contributed by atoms with Crippen LogP contribution in [0.2, 0.25) is 0 Å². The smallest absolute Gasteiger partial charge is 0.270 e. The van der Waals surface area contributed by atoms with Crippen LogP contribution in [-0.2, 0) is 24.1 Å². The molecule has 0 N–H and O–H groups in total. The molecule has 0 radical (unpaired) electrons. The van der Waals surface area contributed by atoms with Gasteiger partial charge in [0.25, 0.3) is 10.1 Å². The molecule has 90 valence electrons. The van der Waals surface area contributed by atoms with E-state index < -0.39 is 25.2 Å². The molecule has 0 bridgehead atoms. The van der Waals surface area contributed by atoms with Crippen LogP contribution < -0.4 is 0 Å². The summed E-state index contributed by atoms with van der Waals surface area (Å²) < 4.78 is 50.1. The molecule has 5 nitrogen and oxygen atoms in total. The standard InChI is InChI=1S/C8H16O5S2/c1-7(2)5-13-15(11,12)8-3-4-14(9,10)6-8/h7-8H,3-6H2,1-2H3/t8-/m0/s1. The van der Waals surface area contributed by atoms with Gasteiger partial charge in [-0.2, -0.15) is 8.42 Å². The van der Waals surface area contributed by atoms with Crippen molar-refractivity contribution >= 4 is 20.0 Å². The van der Waals surface area contributed by atoms with Crippen molar-refractivity contribution in [3.05, 3.63) is 0 Å². The Kier molecular flexibility index (Phi) is 3.78. The Morgan fingerprint density at radius 2 is 2.00 bits per heavy atom. The van der Waals surface area contributed by atoms with Crippen LogP contribution in [0.25, 0.3) is 0 Å². The molecule has 0 aromatic carbocycles. The summed E-state index contributed by atoms with van der Waals surface area (Å²) in [5, 5.41) is -0.874. The first-order chi connectivity index (χ1) is 6.73. The van der Waals surface area contributed by atoms with Gasteiger partial charge in [-0.05, 0) is 12.3 Å². The van der Waals surface area contributed by atoms with E-state index in [1.807, 2.05) is 13.8 Å². The van der Waals surface area contributed by atoms with Gasteiger partial charge in [-0.15, -0.1) is 0 Å². The maximum Gasteiger partial charge on any atom is 0.271 e. The zero-order valence-electron chi connectivity index (χ0n) is 8.84. The predicted molar refractivity (Wildman–Crippen MR) is 56.8 cm³/mol. The molecule has 1 aliphatic heterocycles. The van der Waals surface area contributed by atoms with E-state index in [1.165, 1.54) is 0 Å². The third kappa shape index (κ3) is 3.73. The molecule has 1 aliphatic rings. The summed E-state index contributed by atoms with van der Waals surface area (Å²) in [6.45, 7) is 3.78. The van der Waals surface area contributed by atoms with Gasteiger partial charge in [-0.3, -0.25) is 4.18 Å². The second-order valence-electron chi connectivity index (χ2n) is 4.20. The van der Waals surface area contributed by atoms with E-state index in [1.54, 1.807) is 0 Å². The first-order valence-electron chi connectivity index (χ1n) is 4.81. The van der Waals surface area contributed by atoms with Gasteiger partial charge in [0.1, 0.15) is 5.25 Å². The van der Waals surface area contributed by atoms with Crippen molar-refractivity contribution in [3.8, 4) is 0 Å². The average molecular weight is 256 g/mol. The minimum atomic E-state index is -3.71. The summed E-state index contributed by atoms with van der Waals surface area (Å²) >= 11 is 0. The molecule has 1 rings (SSSR count). The van der Waals surface area contributed by atoms with Crippen LogP contribution in [0.15, 0.2) is 0 Å². The highest BCUT2D eigenvalue weighted by molar-refractivity contribution is 7.94. The fourth-order valence-corrected chi connectivity index (χ4v) is 5.36. The van der Waals surface area contributed by atoms with Gasteiger partial charge in [0.05, 0.1) is 18.1 Å². The van der Waals surface area contributed by atoms with Crippen LogP contribution in [0.4, 0.5) is 0 Å². The molecule has 0 amide bonds. The van der Waals surface area contributed by atoms with Crippen LogP contribution in [0.1, 0.15) is 20.3 Å². The Morgan fingerprint density at radius 3 is 2.40 bits per heavy atom. The van der Waals surface area contributed by atoms with Gasteiger partial charge in [0, 0.05) is 0 Å². The molecule has 0 unspecified atom stereocenters. The predicted octanol–water partition coefficient (Wildman–Crippen LogP) is 0.176. The van der Waals surface area contributed by atoms with E-state index in [0.29, 0.717) is 0 Å². The lowest BCUT2D eigenvalue weighted by molar-refractivity contribution is 0.271. The van der Waals surface area contributed by atoms with Gasteiger partial charge in [-0.1, -0.05) is 13.8 Å². The summed E-state index contributed by atoms with van der Waals surface area (Å²) in [6, 6.07) is 0. The molecule has 0 aromatic rings. The Bertz CT molecular complexity index is 406. The third-order valence-corrected chi connectivity index (χ3v) is 5.83. The highest BCUT2D eigenvalue weighted by Crippen LogP contribution is 2.20. The average Bonchev–Trinajstić information content (AvgIpc) is 2.43. The molecule has 1 heterocycles. The van der Waals surface area contributed by atoms with Crippen molar-refractivity contribution in [3.63, 3.8) is 0 Å². The largest absolute Gasteiger partial charge is 0.271 e. The van der Waals surface area contributed by atoms with E-state index in [2.05, 4.69) is 0 Å². The highest BCUT2D eigenvalue weighted by atomic mass is 32.2. The molecule has 0 aromatic heterocycles. The van der Waals surface area contributed by atoms with Gasteiger partial charge < -0.3 is 0 Å². The van der Waals surface area contributed by atoms with Crippen LogP contribution in [0.5, 0.6) is 0 Å². The zero-order chi connectivity index (χ0) is 11.7. The zero-order valence-corrected chi connectivity index (χ0v) is 10.5. The van der Waals surface area contributed by atoms with E-state index >= 15 is 0 Å². The fraction of sp³-hybridized carbons (Fsp3) is 1.00. The van der Waals surface area contributed by atoms with E-state index in [4.69, 9.17) is 4.18 Å². The van der Waals surface area contributed by atoms with Gasteiger partial charge in [0.2, 0.25) is 0 Å². The van der Waals surface area contributed by atoms with E-state index in [-0.39, 0.29) is 30.5 Å². The molecule has 0 saturated carbocycles. The molecule has 15 heavy (non-hydrogen) atoms. The second kappa shape index (κ2) is 4.39. The number of sulfone groups is 1. The van der Waals surface area contributed by atoms with Crippen LogP contribution in [-0.4, -0.2) is 40.2 Å². The summed E-state index contributed by atoms with van der Waals surface area (Å²) in [6.07, 6.45) is 0.156. The summed E-state index contributed by atoms with van der Waals surface area (Å²) in [7, 11) is -6.88. The first kappa shape index (κ1) is 12.9. The maximum atomic E-state index is 11.5. The molecule has 1 atom stereocenters. The van der Waals surface area contributed by atoms with Gasteiger partial charge in [0.15, 0.2) is 9.84 Å². The minimum Gasteiger partial charge on any atom is -0.270 e. The Morgan fingerprint density at radius 1 is 1.40 bits per heavy atom. The lowest BCUT2D eigenvalue weighted by atomic mass is 10.2. The molecule has 0 spiro atoms. The topological polar surface area (TPSA) is 77.5 Å². The quantitative estimate of drug-likeness (QED) is 0.670. The summed E-state index contributed by atoms with van der Waals surface area (Å²) in [5.41, 5.74) is 0. The highest BCUT2D eigenvalue weighted by Gasteiger charge is 2.37. The normalized spacial score (nSPS) is 25.9. The van der Waals surface area contributed by atoms with Gasteiger partial charge >= 0.3 is 0 Å². The lowest BCUT2D eigenvalue weighted by Crippen LogP contribution is -2.26. The third-order valence-electron chi connectivity index (χ3n) is 2.16. The summed E-state index contributed by atoms with van der Waals surface area (Å²) in [5.74, 6) is -0.243. The molecule has 0 aliphatic carbocycles. The van der Waals surface area contributed by atoms with Crippen LogP contribution >= 0.6 is 0 Å². The molecular formula is C8H16O5S2. The summed E-state index contributed by atoms with van der Waals surface area (Å²) in [4.78, 5) is 0. The van der Waals surface area contributed by atoms with Crippen molar-refractivity contribution in [1.29, 1.82) is 0 Å². The molecule has 1 saturated heterocycles. The molecule has 1 fully saturated rings. The van der Waals surface area contributed by atoms with Crippen molar-refractivity contribution in [1.82, 2.24) is 0 Å².